The molecular weight excluding hydrogens is 242 g/mol. The largest absolute Gasteiger partial charge is 0.484 e. The number of nitrogens with one attached hydrogen (secondary N) is 1. The van der Waals surface area contributed by atoms with Gasteiger partial charge in [0, 0.05) is 6.20 Å². The maximum atomic E-state index is 11.4. The molecule has 1 heterocycles. The minimum atomic E-state index is -0.323. The Labute approximate surface area is 110 Å². The fourth-order valence-corrected chi connectivity index (χ4v) is 1.32. The molecule has 96 valence electrons. The fraction of sp³-hybridized carbons (Fsp3) is 0.0714. The van der Waals surface area contributed by atoms with Gasteiger partial charge in [-0.25, -0.2) is 5.43 Å². The Balaban J connectivity index is 1.75. The van der Waals surface area contributed by atoms with E-state index in [2.05, 4.69) is 15.5 Å². The third kappa shape index (κ3) is 4.59. The minimum Gasteiger partial charge on any atom is -0.484 e. The first-order valence-corrected chi connectivity index (χ1v) is 5.75. The Hall–Kier alpha value is -2.69. The van der Waals surface area contributed by atoms with Crippen molar-refractivity contribution < 1.29 is 9.53 Å². The van der Waals surface area contributed by atoms with E-state index in [1.807, 2.05) is 30.3 Å². The van der Waals surface area contributed by atoms with Crippen LogP contribution in [-0.2, 0) is 4.79 Å². The van der Waals surface area contributed by atoms with Crippen molar-refractivity contribution in [2.75, 3.05) is 6.61 Å². The van der Waals surface area contributed by atoms with E-state index in [1.54, 1.807) is 24.4 Å². The quantitative estimate of drug-likeness (QED) is 0.652. The zero-order chi connectivity index (χ0) is 13.3. The summed E-state index contributed by atoms with van der Waals surface area (Å²) in [6.45, 7) is -0.0798. The highest BCUT2D eigenvalue weighted by atomic mass is 16.5. The van der Waals surface area contributed by atoms with Crippen molar-refractivity contribution in [1.82, 2.24) is 10.4 Å². The Bertz CT molecular complexity index is 541. The Morgan fingerprint density at radius 1 is 1.21 bits per heavy atom. The number of hydrogen-bond donors (Lipinski definition) is 1. The van der Waals surface area contributed by atoms with Gasteiger partial charge in [-0.1, -0.05) is 24.3 Å². The Morgan fingerprint density at radius 3 is 2.74 bits per heavy atom. The monoisotopic (exact) mass is 255 g/mol. The van der Waals surface area contributed by atoms with Gasteiger partial charge in [0.05, 0.1) is 11.9 Å². The molecule has 0 aliphatic rings. The lowest BCUT2D eigenvalue weighted by Crippen LogP contribution is -2.24. The number of aromatic nitrogens is 1. The number of pyridine rings is 1. The van der Waals surface area contributed by atoms with Crippen molar-refractivity contribution in [3.63, 3.8) is 0 Å². The smallest absolute Gasteiger partial charge is 0.277 e. The highest BCUT2D eigenvalue weighted by molar-refractivity contribution is 5.81. The molecule has 0 fully saturated rings. The van der Waals surface area contributed by atoms with Crippen molar-refractivity contribution in [3.8, 4) is 5.75 Å². The molecule has 1 aromatic carbocycles. The maximum absolute atomic E-state index is 11.4. The Kier molecular flexibility index (Phi) is 4.64. The summed E-state index contributed by atoms with van der Waals surface area (Å²) in [5.74, 6) is 0.322. The van der Waals surface area contributed by atoms with E-state index in [1.165, 1.54) is 6.21 Å². The first-order valence-electron chi connectivity index (χ1n) is 5.75. The summed E-state index contributed by atoms with van der Waals surface area (Å²) in [6, 6.07) is 14.6. The molecule has 0 unspecified atom stereocenters. The number of carbonyl (C=O) groups is 1. The summed E-state index contributed by atoms with van der Waals surface area (Å²) in [4.78, 5) is 15.5. The zero-order valence-corrected chi connectivity index (χ0v) is 10.2. The number of nitrogens with zero attached hydrogens (tertiary/aromatic N) is 2. The van der Waals surface area contributed by atoms with Crippen LogP contribution in [0.4, 0.5) is 0 Å². The summed E-state index contributed by atoms with van der Waals surface area (Å²) in [5, 5.41) is 3.79. The van der Waals surface area contributed by atoms with Gasteiger partial charge in [0.25, 0.3) is 5.91 Å². The van der Waals surface area contributed by atoms with Crippen LogP contribution in [0.5, 0.6) is 5.75 Å². The first-order chi connectivity index (χ1) is 9.34. The van der Waals surface area contributed by atoms with Gasteiger partial charge in [-0.05, 0) is 24.3 Å². The molecule has 5 nitrogen and oxygen atoms in total. The van der Waals surface area contributed by atoms with Crippen molar-refractivity contribution >= 4 is 12.1 Å². The second-order valence-electron chi connectivity index (χ2n) is 3.65. The minimum absolute atomic E-state index is 0.0798. The molecule has 0 bridgehead atoms. The van der Waals surface area contributed by atoms with Gasteiger partial charge in [0.15, 0.2) is 6.61 Å². The van der Waals surface area contributed by atoms with Gasteiger partial charge < -0.3 is 4.74 Å². The highest BCUT2D eigenvalue weighted by Gasteiger charge is 2.00. The van der Waals surface area contributed by atoms with Gasteiger partial charge in [-0.15, -0.1) is 0 Å². The summed E-state index contributed by atoms with van der Waals surface area (Å²) in [7, 11) is 0. The molecule has 1 aromatic heterocycles. The van der Waals surface area contributed by atoms with Crippen LogP contribution in [0, 0.1) is 0 Å². The number of hydrogen-bond acceptors (Lipinski definition) is 4. The third-order valence-electron chi connectivity index (χ3n) is 2.19. The number of hydrazone groups is 1. The number of carbonyl (C=O) groups excluding carboxylic acids is 1. The van der Waals surface area contributed by atoms with E-state index in [9.17, 15) is 4.79 Å². The molecule has 5 heteroatoms. The summed E-state index contributed by atoms with van der Waals surface area (Å²) in [6.07, 6.45) is 3.13. The van der Waals surface area contributed by atoms with Gasteiger partial charge in [0.1, 0.15) is 5.75 Å². The molecule has 0 aliphatic heterocycles. The van der Waals surface area contributed by atoms with Gasteiger partial charge in [-0.2, -0.15) is 5.10 Å². The lowest BCUT2D eigenvalue weighted by Gasteiger charge is -2.03. The molecule has 0 radical (unpaired) electrons. The van der Waals surface area contributed by atoms with E-state index in [4.69, 9.17) is 4.74 Å². The molecule has 2 rings (SSSR count). The summed E-state index contributed by atoms with van der Waals surface area (Å²) < 4.78 is 5.27. The van der Waals surface area contributed by atoms with E-state index in [0.717, 1.165) is 0 Å². The van der Waals surface area contributed by atoms with E-state index in [0.29, 0.717) is 11.4 Å². The topological polar surface area (TPSA) is 63.6 Å². The lowest BCUT2D eigenvalue weighted by atomic mass is 10.3. The molecule has 0 spiro atoms. The average molecular weight is 255 g/mol. The fourth-order valence-electron chi connectivity index (χ4n) is 1.32. The molecule has 2 aromatic rings. The molecule has 1 N–H and O–H groups in total. The van der Waals surface area contributed by atoms with Gasteiger partial charge in [-0.3, -0.25) is 9.78 Å². The van der Waals surface area contributed by atoms with Crippen LogP contribution in [0.2, 0.25) is 0 Å². The molecule has 19 heavy (non-hydrogen) atoms. The standard InChI is InChI=1S/C14H13N3O2/c18-14(11-19-13-7-2-1-3-8-13)17-16-10-12-6-4-5-9-15-12/h1-10H,11H2,(H,17,18). The van der Waals surface area contributed by atoms with Crippen molar-refractivity contribution in [2.45, 2.75) is 0 Å². The zero-order valence-electron chi connectivity index (χ0n) is 10.2. The Morgan fingerprint density at radius 2 is 2.00 bits per heavy atom. The number of amides is 1. The van der Waals surface area contributed by atoms with Crippen LogP contribution in [-0.4, -0.2) is 23.7 Å². The van der Waals surface area contributed by atoms with Crippen LogP contribution in [0.1, 0.15) is 5.69 Å². The summed E-state index contributed by atoms with van der Waals surface area (Å²) in [5.41, 5.74) is 3.04. The summed E-state index contributed by atoms with van der Waals surface area (Å²) >= 11 is 0. The van der Waals surface area contributed by atoms with Crippen molar-refractivity contribution in [2.24, 2.45) is 5.10 Å². The third-order valence-corrected chi connectivity index (χ3v) is 2.19. The number of para-hydroxylation sites is 1. The molecular formula is C14H13N3O2. The van der Waals surface area contributed by atoms with Crippen LogP contribution >= 0.6 is 0 Å². The normalized spacial score (nSPS) is 10.3. The molecule has 0 saturated heterocycles. The first kappa shape index (κ1) is 12.8. The molecule has 0 aliphatic carbocycles. The number of benzene rings is 1. The van der Waals surface area contributed by atoms with E-state index < -0.39 is 0 Å². The van der Waals surface area contributed by atoms with Crippen LogP contribution in [0.15, 0.2) is 59.8 Å². The van der Waals surface area contributed by atoms with E-state index in [-0.39, 0.29) is 12.5 Å². The van der Waals surface area contributed by atoms with Crippen LogP contribution < -0.4 is 10.2 Å². The molecule has 1 amide bonds. The second-order valence-corrected chi connectivity index (χ2v) is 3.65. The number of rotatable bonds is 5. The molecule has 0 atom stereocenters. The van der Waals surface area contributed by atoms with Crippen molar-refractivity contribution in [3.05, 3.63) is 60.4 Å². The van der Waals surface area contributed by atoms with Crippen LogP contribution in [0.3, 0.4) is 0 Å². The second kappa shape index (κ2) is 6.90. The van der Waals surface area contributed by atoms with Crippen molar-refractivity contribution in [1.29, 1.82) is 0 Å². The number of ether oxygens (including phenoxy) is 1. The predicted molar refractivity (Wildman–Crippen MR) is 71.9 cm³/mol. The van der Waals surface area contributed by atoms with Gasteiger partial charge >= 0.3 is 0 Å². The molecule has 0 saturated carbocycles. The highest BCUT2D eigenvalue weighted by Crippen LogP contribution is 2.07. The predicted octanol–water partition coefficient (Wildman–Crippen LogP) is 1.61. The SMILES string of the molecule is O=C(COc1ccccc1)NN=Cc1ccccn1. The lowest BCUT2D eigenvalue weighted by molar-refractivity contribution is -0.123. The average Bonchev–Trinajstić information content (AvgIpc) is 2.47. The van der Waals surface area contributed by atoms with Crippen LogP contribution in [0.25, 0.3) is 0 Å². The van der Waals surface area contributed by atoms with Gasteiger partial charge in [0.2, 0.25) is 0 Å². The van der Waals surface area contributed by atoms with E-state index >= 15 is 0 Å². The maximum Gasteiger partial charge on any atom is 0.277 e.